The zero-order valence-electron chi connectivity index (χ0n) is 7.90. The van der Waals surface area contributed by atoms with Gasteiger partial charge in [-0.2, -0.15) is 0 Å². The Morgan fingerprint density at radius 2 is 2.36 bits per heavy atom. The molecule has 1 aliphatic carbocycles. The molecule has 1 aromatic carbocycles. The van der Waals surface area contributed by atoms with Crippen molar-refractivity contribution < 1.29 is 5.11 Å². The summed E-state index contributed by atoms with van der Waals surface area (Å²) in [4.78, 5) is 0. The Kier molecular flexibility index (Phi) is 2.28. The van der Waals surface area contributed by atoms with Crippen molar-refractivity contribution in [3.05, 3.63) is 34.9 Å². The fourth-order valence-electron chi connectivity index (χ4n) is 1.94. The third-order valence-corrected chi connectivity index (χ3v) is 2.76. The summed E-state index contributed by atoms with van der Waals surface area (Å²) in [5, 5.41) is 9.46. The van der Waals surface area contributed by atoms with Gasteiger partial charge in [0.1, 0.15) is 6.10 Å². The van der Waals surface area contributed by atoms with Gasteiger partial charge in [-0.3, -0.25) is 0 Å². The second-order valence-electron chi connectivity index (χ2n) is 3.67. The van der Waals surface area contributed by atoms with Crippen molar-refractivity contribution in [2.45, 2.75) is 25.0 Å². The van der Waals surface area contributed by atoms with Crippen LogP contribution in [0.25, 0.3) is 0 Å². The smallest absolute Gasteiger partial charge is 0.139 e. The minimum absolute atomic E-state index is 0.155. The van der Waals surface area contributed by atoms with Crippen LogP contribution in [0.5, 0.6) is 0 Å². The second kappa shape index (κ2) is 3.45. The zero-order valence-corrected chi connectivity index (χ0v) is 7.90. The van der Waals surface area contributed by atoms with Crippen LogP contribution in [-0.2, 0) is 6.42 Å². The van der Waals surface area contributed by atoms with Crippen molar-refractivity contribution in [3.8, 4) is 12.3 Å². The van der Waals surface area contributed by atoms with Crippen molar-refractivity contribution in [2.24, 2.45) is 5.73 Å². The molecule has 1 aliphatic rings. The number of fused-ring (bicyclic) bond motifs is 1. The molecule has 0 aromatic heterocycles. The molecule has 2 rings (SSSR count). The van der Waals surface area contributed by atoms with Gasteiger partial charge >= 0.3 is 0 Å². The minimum Gasteiger partial charge on any atom is -0.376 e. The van der Waals surface area contributed by atoms with E-state index in [1.54, 1.807) is 0 Å². The molecule has 2 atom stereocenters. The predicted octanol–water partition coefficient (Wildman–Crippen LogP) is 1.30. The summed E-state index contributed by atoms with van der Waals surface area (Å²) in [5.41, 5.74) is 9.11. The van der Waals surface area contributed by atoms with E-state index in [4.69, 9.17) is 12.2 Å². The molecule has 0 saturated carbocycles. The third-order valence-electron chi connectivity index (χ3n) is 2.76. The van der Waals surface area contributed by atoms with Gasteiger partial charge in [0.2, 0.25) is 0 Å². The topological polar surface area (TPSA) is 46.2 Å². The monoisotopic (exact) mass is 187 g/mol. The van der Waals surface area contributed by atoms with Crippen molar-refractivity contribution in [2.75, 3.05) is 0 Å². The van der Waals surface area contributed by atoms with Crippen LogP contribution in [0.4, 0.5) is 0 Å². The van der Waals surface area contributed by atoms with E-state index < -0.39 is 6.10 Å². The van der Waals surface area contributed by atoms with Gasteiger partial charge < -0.3 is 10.8 Å². The Bertz CT molecular complexity index is 392. The summed E-state index contributed by atoms with van der Waals surface area (Å²) in [5.74, 6) is 2.31. The lowest BCUT2D eigenvalue weighted by atomic mass is 10.0. The molecule has 2 heteroatoms. The summed E-state index contributed by atoms with van der Waals surface area (Å²) in [6, 6.07) is 5.95. The second-order valence-corrected chi connectivity index (χ2v) is 3.67. The number of hydrogen-bond donors (Lipinski definition) is 2. The van der Waals surface area contributed by atoms with Crippen LogP contribution in [0.1, 0.15) is 35.3 Å². The van der Waals surface area contributed by atoms with Gasteiger partial charge in [0.25, 0.3) is 0 Å². The Hall–Kier alpha value is -1.30. The van der Waals surface area contributed by atoms with Crippen LogP contribution in [0.2, 0.25) is 0 Å². The average molecular weight is 187 g/mol. The normalized spacial score (nSPS) is 21.4. The third kappa shape index (κ3) is 1.41. The summed E-state index contributed by atoms with van der Waals surface area (Å²) in [6.45, 7) is 0. The van der Waals surface area contributed by atoms with Crippen LogP contribution in [-0.4, -0.2) is 5.11 Å². The quantitative estimate of drug-likeness (QED) is 0.651. The van der Waals surface area contributed by atoms with Crippen LogP contribution in [0, 0.1) is 12.3 Å². The zero-order chi connectivity index (χ0) is 10.1. The first kappa shape index (κ1) is 9.26. The van der Waals surface area contributed by atoms with Gasteiger partial charge in [0, 0.05) is 6.04 Å². The molecule has 0 aliphatic heterocycles. The minimum atomic E-state index is -0.794. The summed E-state index contributed by atoms with van der Waals surface area (Å²) >= 11 is 0. The fourth-order valence-corrected chi connectivity index (χ4v) is 1.94. The number of terminal acetylenes is 1. The lowest BCUT2D eigenvalue weighted by molar-refractivity contribution is 0.238. The summed E-state index contributed by atoms with van der Waals surface area (Å²) in [6.07, 6.45) is 6.34. The Morgan fingerprint density at radius 3 is 3.07 bits per heavy atom. The predicted molar refractivity (Wildman–Crippen MR) is 55.5 cm³/mol. The van der Waals surface area contributed by atoms with E-state index in [1.807, 2.05) is 18.2 Å². The molecule has 2 nitrogen and oxygen atoms in total. The van der Waals surface area contributed by atoms with E-state index in [0.717, 1.165) is 18.4 Å². The largest absolute Gasteiger partial charge is 0.376 e. The van der Waals surface area contributed by atoms with Crippen molar-refractivity contribution in [1.29, 1.82) is 0 Å². The molecule has 0 spiro atoms. The molecule has 3 N–H and O–H groups in total. The highest BCUT2D eigenvalue weighted by atomic mass is 16.3. The van der Waals surface area contributed by atoms with Gasteiger partial charge in [-0.15, -0.1) is 6.42 Å². The Morgan fingerprint density at radius 1 is 1.57 bits per heavy atom. The van der Waals surface area contributed by atoms with E-state index >= 15 is 0 Å². The molecule has 2 unspecified atom stereocenters. The molecule has 14 heavy (non-hydrogen) atoms. The maximum atomic E-state index is 9.46. The summed E-state index contributed by atoms with van der Waals surface area (Å²) < 4.78 is 0. The maximum absolute atomic E-state index is 9.46. The number of aliphatic hydroxyl groups excluding tert-OH is 1. The van der Waals surface area contributed by atoms with Gasteiger partial charge in [0.05, 0.1) is 0 Å². The molecule has 0 fully saturated rings. The number of nitrogens with two attached hydrogens (primary N) is 1. The SMILES string of the molecule is C#CC(O)c1ccc2c(c1)CCC2N. The molecule has 0 radical (unpaired) electrons. The van der Waals surface area contributed by atoms with Gasteiger partial charge in [0.15, 0.2) is 0 Å². The summed E-state index contributed by atoms with van der Waals surface area (Å²) in [7, 11) is 0. The lowest BCUT2D eigenvalue weighted by Crippen LogP contribution is -2.05. The van der Waals surface area contributed by atoms with Gasteiger partial charge in [-0.05, 0) is 29.5 Å². The number of benzene rings is 1. The molecule has 0 bridgehead atoms. The Labute approximate surface area is 83.7 Å². The van der Waals surface area contributed by atoms with Crippen molar-refractivity contribution in [3.63, 3.8) is 0 Å². The lowest BCUT2D eigenvalue weighted by Gasteiger charge is -2.08. The molecule has 0 amide bonds. The standard InChI is InChI=1S/C12H13NO/c1-2-12(14)9-3-5-10-8(7-9)4-6-11(10)13/h1,3,5,7,11-12,14H,4,6,13H2. The van der Waals surface area contributed by atoms with Crippen LogP contribution in [0.15, 0.2) is 18.2 Å². The maximum Gasteiger partial charge on any atom is 0.139 e. The van der Waals surface area contributed by atoms with E-state index in [0.29, 0.717) is 0 Å². The molecule has 0 saturated heterocycles. The number of aliphatic hydroxyl groups is 1. The number of hydrogen-bond acceptors (Lipinski definition) is 2. The molecule has 1 aromatic rings. The molecular formula is C12H13NO. The first-order chi connectivity index (χ1) is 6.72. The number of aryl methyl sites for hydroxylation is 1. The molecule has 72 valence electrons. The first-order valence-electron chi connectivity index (χ1n) is 4.75. The van der Waals surface area contributed by atoms with Crippen LogP contribution >= 0.6 is 0 Å². The highest BCUT2D eigenvalue weighted by Crippen LogP contribution is 2.30. The van der Waals surface area contributed by atoms with Gasteiger partial charge in [-0.1, -0.05) is 24.1 Å². The highest BCUT2D eigenvalue weighted by Gasteiger charge is 2.19. The van der Waals surface area contributed by atoms with E-state index in [9.17, 15) is 5.11 Å². The van der Waals surface area contributed by atoms with Gasteiger partial charge in [-0.25, -0.2) is 0 Å². The van der Waals surface area contributed by atoms with E-state index in [-0.39, 0.29) is 6.04 Å². The molecular weight excluding hydrogens is 174 g/mol. The first-order valence-corrected chi connectivity index (χ1v) is 4.75. The van der Waals surface area contributed by atoms with Crippen LogP contribution in [0.3, 0.4) is 0 Å². The van der Waals surface area contributed by atoms with Crippen LogP contribution < -0.4 is 5.73 Å². The Balaban J connectivity index is 2.38. The van der Waals surface area contributed by atoms with E-state index in [2.05, 4.69) is 5.92 Å². The highest BCUT2D eigenvalue weighted by molar-refractivity contribution is 5.39. The number of rotatable bonds is 1. The average Bonchev–Trinajstić information content (AvgIpc) is 2.59. The molecule has 0 heterocycles. The van der Waals surface area contributed by atoms with E-state index in [1.165, 1.54) is 11.1 Å². The van der Waals surface area contributed by atoms with Crippen molar-refractivity contribution >= 4 is 0 Å². The van der Waals surface area contributed by atoms with Crippen molar-refractivity contribution in [1.82, 2.24) is 0 Å². The fraction of sp³-hybridized carbons (Fsp3) is 0.333.